The SMILES string of the molecule is N#Cc1cccc(Cn2cnc3sccc3c2=O)c1. The van der Waals surface area contributed by atoms with Crippen molar-refractivity contribution in [3.8, 4) is 6.07 Å². The maximum absolute atomic E-state index is 12.2. The fraction of sp³-hybridized carbons (Fsp3) is 0.0714. The molecule has 0 aliphatic rings. The summed E-state index contributed by atoms with van der Waals surface area (Å²) in [6, 6.07) is 11.1. The molecule has 19 heavy (non-hydrogen) atoms. The quantitative estimate of drug-likeness (QED) is 0.716. The van der Waals surface area contributed by atoms with E-state index in [0.717, 1.165) is 10.4 Å². The number of aromatic nitrogens is 2. The van der Waals surface area contributed by atoms with Crippen LogP contribution < -0.4 is 5.56 Å². The minimum absolute atomic E-state index is 0.0476. The Morgan fingerprint density at radius 1 is 1.37 bits per heavy atom. The van der Waals surface area contributed by atoms with Crippen molar-refractivity contribution < 1.29 is 0 Å². The third kappa shape index (κ3) is 2.14. The molecule has 3 rings (SSSR count). The first-order valence-electron chi connectivity index (χ1n) is 5.69. The van der Waals surface area contributed by atoms with Gasteiger partial charge in [0.15, 0.2) is 0 Å². The van der Waals surface area contributed by atoms with Crippen molar-refractivity contribution in [1.82, 2.24) is 9.55 Å². The zero-order chi connectivity index (χ0) is 13.2. The predicted molar refractivity (Wildman–Crippen MR) is 74.1 cm³/mol. The summed E-state index contributed by atoms with van der Waals surface area (Å²) in [4.78, 5) is 17.2. The molecule has 0 unspecified atom stereocenters. The second-order valence-electron chi connectivity index (χ2n) is 4.13. The first-order chi connectivity index (χ1) is 9.28. The average molecular weight is 267 g/mol. The monoisotopic (exact) mass is 267 g/mol. The van der Waals surface area contributed by atoms with Gasteiger partial charge in [0.25, 0.3) is 5.56 Å². The van der Waals surface area contributed by atoms with Gasteiger partial charge in [-0.2, -0.15) is 5.26 Å². The van der Waals surface area contributed by atoms with E-state index in [1.807, 2.05) is 17.5 Å². The van der Waals surface area contributed by atoms with Crippen molar-refractivity contribution in [3.63, 3.8) is 0 Å². The molecule has 2 heterocycles. The van der Waals surface area contributed by atoms with Crippen molar-refractivity contribution in [2.24, 2.45) is 0 Å². The van der Waals surface area contributed by atoms with E-state index in [9.17, 15) is 4.79 Å². The van der Waals surface area contributed by atoms with Crippen LogP contribution in [0.4, 0.5) is 0 Å². The maximum atomic E-state index is 12.2. The van der Waals surface area contributed by atoms with E-state index in [1.54, 1.807) is 29.1 Å². The lowest BCUT2D eigenvalue weighted by Gasteiger charge is -2.05. The molecule has 0 spiro atoms. The van der Waals surface area contributed by atoms with Crippen LogP contribution in [0.1, 0.15) is 11.1 Å². The van der Waals surface area contributed by atoms with Gasteiger partial charge >= 0.3 is 0 Å². The molecule has 3 aromatic rings. The standard InChI is InChI=1S/C14H9N3OS/c15-7-10-2-1-3-11(6-10)8-17-9-16-13-12(14(17)18)4-5-19-13/h1-6,9H,8H2. The van der Waals surface area contributed by atoms with Gasteiger partial charge in [-0.3, -0.25) is 9.36 Å². The Kier molecular flexibility index (Phi) is 2.86. The minimum atomic E-state index is -0.0476. The largest absolute Gasteiger partial charge is 0.294 e. The van der Waals surface area contributed by atoms with Crippen LogP contribution >= 0.6 is 11.3 Å². The molecular formula is C14H9N3OS. The molecule has 0 radical (unpaired) electrons. The highest BCUT2D eigenvalue weighted by Crippen LogP contribution is 2.14. The minimum Gasteiger partial charge on any atom is -0.294 e. The molecule has 5 heteroatoms. The highest BCUT2D eigenvalue weighted by atomic mass is 32.1. The van der Waals surface area contributed by atoms with Gasteiger partial charge in [0, 0.05) is 0 Å². The van der Waals surface area contributed by atoms with Gasteiger partial charge in [-0.1, -0.05) is 12.1 Å². The Bertz CT molecular complexity index is 842. The van der Waals surface area contributed by atoms with Gasteiger partial charge in [0.05, 0.1) is 29.9 Å². The summed E-state index contributed by atoms with van der Waals surface area (Å²) < 4.78 is 1.56. The normalized spacial score (nSPS) is 10.5. The maximum Gasteiger partial charge on any atom is 0.262 e. The Hall–Kier alpha value is -2.45. The molecule has 0 amide bonds. The lowest BCUT2D eigenvalue weighted by molar-refractivity contribution is 0.749. The van der Waals surface area contributed by atoms with Crippen LogP contribution in [-0.2, 0) is 6.54 Å². The van der Waals surface area contributed by atoms with E-state index in [0.29, 0.717) is 17.5 Å². The molecule has 0 aliphatic carbocycles. The lowest BCUT2D eigenvalue weighted by atomic mass is 10.1. The molecule has 0 saturated heterocycles. The van der Waals surface area contributed by atoms with Gasteiger partial charge in [-0.25, -0.2) is 4.98 Å². The first kappa shape index (κ1) is 11.6. The third-order valence-corrected chi connectivity index (χ3v) is 3.68. The zero-order valence-electron chi connectivity index (χ0n) is 9.91. The van der Waals surface area contributed by atoms with E-state index >= 15 is 0 Å². The van der Waals surface area contributed by atoms with Gasteiger partial charge in [0.2, 0.25) is 0 Å². The zero-order valence-corrected chi connectivity index (χ0v) is 10.7. The van der Waals surface area contributed by atoms with Crippen LogP contribution in [0.25, 0.3) is 10.2 Å². The third-order valence-electron chi connectivity index (χ3n) is 2.86. The summed E-state index contributed by atoms with van der Waals surface area (Å²) in [5.74, 6) is 0. The van der Waals surface area contributed by atoms with Crippen molar-refractivity contribution in [2.75, 3.05) is 0 Å². The van der Waals surface area contributed by atoms with Gasteiger partial charge in [-0.05, 0) is 29.1 Å². The van der Waals surface area contributed by atoms with Gasteiger partial charge in [-0.15, -0.1) is 11.3 Å². The Morgan fingerprint density at radius 3 is 3.11 bits per heavy atom. The Labute approximate surface area is 113 Å². The number of hydrogen-bond acceptors (Lipinski definition) is 4. The smallest absolute Gasteiger partial charge is 0.262 e. The molecule has 0 aliphatic heterocycles. The molecule has 92 valence electrons. The molecule has 0 atom stereocenters. The molecule has 0 bridgehead atoms. The van der Waals surface area contributed by atoms with E-state index in [-0.39, 0.29) is 5.56 Å². The molecule has 4 nitrogen and oxygen atoms in total. The Balaban J connectivity index is 2.03. The topological polar surface area (TPSA) is 58.7 Å². The fourth-order valence-electron chi connectivity index (χ4n) is 1.94. The summed E-state index contributed by atoms with van der Waals surface area (Å²) in [6.45, 7) is 0.424. The molecule has 2 aromatic heterocycles. The summed E-state index contributed by atoms with van der Waals surface area (Å²) in [5, 5.41) is 11.4. The van der Waals surface area contributed by atoms with Crippen LogP contribution in [-0.4, -0.2) is 9.55 Å². The number of nitrogens with zero attached hydrogens (tertiary/aromatic N) is 3. The van der Waals surface area contributed by atoms with Crippen LogP contribution in [0.3, 0.4) is 0 Å². The van der Waals surface area contributed by atoms with Gasteiger partial charge < -0.3 is 0 Å². The number of nitriles is 1. The fourth-order valence-corrected chi connectivity index (χ4v) is 2.67. The highest BCUT2D eigenvalue weighted by Gasteiger charge is 2.05. The molecular weight excluding hydrogens is 258 g/mol. The Morgan fingerprint density at radius 2 is 2.26 bits per heavy atom. The highest BCUT2D eigenvalue weighted by molar-refractivity contribution is 7.16. The van der Waals surface area contributed by atoms with Crippen molar-refractivity contribution in [2.45, 2.75) is 6.54 Å². The van der Waals surface area contributed by atoms with E-state index in [1.165, 1.54) is 11.3 Å². The second-order valence-corrected chi connectivity index (χ2v) is 5.02. The average Bonchev–Trinajstić information content (AvgIpc) is 2.91. The number of hydrogen-bond donors (Lipinski definition) is 0. The van der Waals surface area contributed by atoms with Crippen molar-refractivity contribution in [3.05, 3.63) is 63.5 Å². The van der Waals surface area contributed by atoms with Crippen LogP contribution in [0, 0.1) is 11.3 Å². The molecule has 1 aromatic carbocycles. The molecule has 0 N–H and O–H groups in total. The predicted octanol–water partition coefficient (Wildman–Crippen LogP) is 2.38. The van der Waals surface area contributed by atoms with E-state index < -0.39 is 0 Å². The summed E-state index contributed by atoms with van der Waals surface area (Å²) in [6.07, 6.45) is 1.56. The molecule has 0 saturated carbocycles. The number of thiophene rings is 1. The van der Waals surface area contributed by atoms with Crippen molar-refractivity contribution in [1.29, 1.82) is 5.26 Å². The van der Waals surface area contributed by atoms with Gasteiger partial charge in [0.1, 0.15) is 4.83 Å². The van der Waals surface area contributed by atoms with Crippen LogP contribution in [0.5, 0.6) is 0 Å². The van der Waals surface area contributed by atoms with E-state index in [2.05, 4.69) is 11.1 Å². The summed E-state index contributed by atoms with van der Waals surface area (Å²) >= 11 is 1.46. The number of rotatable bonds is 2. The molecule has 0 fully saturated rings. The first-order valence-corrected chi connectivity index (χ1v) is 6.57. The second kappa shape index (κ2) is 4.67. The van der Waals surface area contributed by atoms with Crippen molar-refractivity contribution >= 4 is 21.6 Å². The van der Waals surface area contributed by atoms with Crippen LogP contribution in [0.15, 0.2) is 46.8 Å². The number of fused-ring (bicyclic) bond motifs is 1. The lowest BCUT2D eigenvalue weighted by Crippen LogP contribution is -2.20. The summed E-state index contributed by atoms with van der Waals surface area (Å²) in [7, 11) is 0. The van der Waals surface area contributed by atoms with Crippen LogP contribution in [0.2, 0.25) is 0 Å². The van der Waals surface area contributed by atoms with E-state index in [4.69, 9.17) is 5.26 Å². The summed E-state index contributed by atoms with van der Waals surface area (Å²) in [5.41, 5.74) is 1.46. The number of benzene rings is 1.